The number of nitrogens with zero attached hydrogens (tertiary/aromatic N) is 1. The van der Waals surface area contributed by atoms with Gasteiger partial charge in [0, 0.05) is 30.6 Å². The van der Waals surface area contributed by atoms with Gasteiger partial charge in [-0.3, -0.25) is 4.79 Å². The topological polar surface area (TPSA) is 32.3 Å². The summed E-state index contributed by atoms with van der Waals surface area (Å²) >= 11 is 0. The third kappa shape index (κ3) is 4.81. The fourth-order valence-electron chi connectivity index (χ4n) is 4.54. The molecule has 2 saturated heterocycles. The predicted octanol–water partition coefficient (Wildman–Crippen LogP) is 5.09. The van der Waals surface area contributed by atoms with E-state index in [0.717, 1.165) is 32.0 Å². The van der Waals surface area contributed by atoms with Crippen molar-refractivity contribution < 1.29 is 18.0 Å². The highest BCUT2D eigenvalue weighted by Gasteiger charge is 2.29. The fraction of sp³-hybridized carbons (Fsp3) is 0.435. The van der Waals surface area contributed by atoms with Gasteiger partial charge in [0.15, 0.2) is 5.78 Å². The molecule has 0 aliphatic carbocycles. The first-order valence-corrected chi connectivity index (χ1v) is 10.3. The maximum atomic E-state index is 14.1. The zero-order chi connectivity index (χ0) is 20.4. The van der Waals surface area contributed by atoms with Gasteiger partial charge in [0.1, 0.15) is 17.5 Å². The predicted molar refractivity (Wildman–Crippen MR) is 114 cm³/mol. The summed E-state index contributed by atoms with van der Waals surface area (Å²) in [4.78, 5) is 15.1. The average Bonchev–Trinajstić information content (AvgIpc) is 2.74. The van der Waals surface area contributed by atoms with Gasteiger partial charge in [0.25, 0.3) is 0 Å². The second kappa shape index (κ2) is 9.84. The van der Waals surface area contributed by atoms with E-state index < -0.39 is 11.6 Å². The van der Waals surface area contributed by atoms with Gasteiger partial charge in [-0.25, -0.2) is 13.2 Å². The van der Waals surface area contributed by atoms with E-state index in [1.807, 2.05) is 4.90 Å². The van der Waals surface area contributed by atoms with Crippen LogP contribution >= 0.6 is 12.4 Å². The van der Waals surface area contributed by atoms with Crippen molar-refractivity contribution in [3.63, 3.8) is 0 Å². The Labute approximate surface area is 181 Å². The van der Waals surface area contributed by atoms with Crippen LogP contribution in [0.2, 0.25) is 0 Å². The first-order valence-electron chi connectivity index (χ1n) is 10.3. The smallest absolute Gasteiger partial charge is 0.168 e. The maximum absolute atomic E-state index is 14.1. The molecule has 2 aliphatic heterocycles. The largest absolute Gasteiger partial charge is 0.371 e. The van der Waals surface area contributed by atoms with Gasteiger partial charge >= 0.3 is 0 Å². The van der Waals surface area contributed by atoms with Crippen molar-refractivity contribution in [2.75, 3.05) is 31.1 Å². The Hall–Kier alpha value is -2.05. The fourth-order valence-corrected chi connectivity index (χ4v) is 4.54. The van der Waals surface area contributed by atoms with E-state index in [4.69, 9.17) is 0 Å². The van der Waals surface area contributed by atoms with Crippen molar-refractivity contribution in [2.45, 2.75) is 31.6 Å². The van der Waals surface area contributed by atoms with Crippen molar-refractivity contribution in [3.8, 4) is 0 Å². The van der Waals surface area contributed by atoms with Crippen molar-refractivity contribution in [1.29, 1.82) is 0 Å². The second-order valence-electron chi connectivity index (χ2n) is 7.98. The Kier molecular flexibility index (Phi) is 7.42. The Balaban J connectivity index is 0.00000256. The summed E-state index contributed by atoms with van der Waals surface area (Å²) in [6.45, 7) is 2.83. The molecule has 3 nitrogen and oxygen atoms in total. The first-order chi connectivity index (χ1) is 14.0. The summed E-state index contributed by atoms with van der Waals surface area (Å²) < 4.78 is 41.3. The molecule has 162 valence electrons. The molecule has 0 bridgehead atoms. The minimum atomic E-state index is -0.579. The number of ketones is 1. The highest BCUT2D eigenvalue weighted by atomic mass is 35.5. The van der Waals surface area contributed by atoms with Crippen molar-refractivity contribution >= 4 is 23.9 Å². The zero-order valence-electron chi connectivity index (χ0n) is 16.7. The lowest BCUT2D eigenvalue weighted by molar-refractivity contribution is 0.0895. The molecule has 0 unspecified atom stereocenters. The minimum Gasteiger partial charge on any atom is -0.371 e. The van der Waals surface area contributed by atoms with Gasteiger partial charge in [0.2, 0.25) is 0 Å². The quantitative estimate of drug-likeness (QED) is 0.675. The van der Waals surface area contributed by atoms with Crippen LogP contribution in [0.5, 0.6) is 0 Å². The van der Waals surface area contributed by atoms with Gasteiger partial charge in [-0.15, -0.1) is 12.4 Å². The van der Waals surface area contributed by atoms with Crippen LogP contribution in [-0.4, -0.2) is 32.0 Å². The molecule has 2 heterocycles. The molecule has 0 aromatic heterocycles. The molecule has 0 saturated carbocycles. The lowest BCUT2D eigenvalue weighted by Gasteiger charge is -2.35. The number of hydrogen-bond donors (Lipinski definition) is 1. The highest BCUT2D eigenvalue weighted by Crippen LogP contribution is 2.34. The van der Waals surface area contributed by atoms with E-state index in [0.29, 0.717) is 42.7 Å². The van der Waals surface area contributed by atoms with Crippen LogP contribution in [0.3, 0.4) is 0 Å². The molecule has 0 spiro atoms. The molecule has 30 heavy (non-hydrogen) atoms. The number of benzene rings is 2. The van der Waals surface area contributed by atoms with E-state index in [2.05, 4.69) is 5.32 Å². The lowest BCUT2D eigenvalue weighted by Crippen LogP contribution is -2.36. The summed E-state index contributed by atoms with van der Waals surface area (Å²) in [6.07, 6.45) is 2.92. The molecule has 0 atom stereocenters. The highest BCUT2D eigenvalue weighted by molar-refractivity contribution is 6.03. The summed E-state index contributed by atoms with van der Waals surface area (Å²) in [5, 5.41) is 3.26. The SMILES string of the molecule is Cl.O=C(c1ccc(F)cc1N1CCC(c2ccc(F)cc2F)CC1)C1CCNCC1. The number of rotatable bonds is 4. The molecule has 2 aromatic rings. The van der Waals surface area contributed by atoms with Gasteiger partial charge < -0.3 is 10.2 Å². The summed E-state index contributed by atoms with van der Waals surface area (Å²) in [5.74, 6) is -1.43. The molecular formula is C23H26ClF3N2O. The first kappa shape index (κ1) is 22.6. The number of halogens is 4. The van der Waals surface area contributed by atoms with Crippen LogP contribution < -0.4 is 10.2 Å². The van der Waals surface area contributed by atoms with E-state index in [1.165, 1.54) is 24.3 Å². The van der Waals surface area contributed by atoms with E-state index >= 15 is 0 Å². The number of carbonyl (C=O) groups excluding carboxylic acids is 1. The molecule has 1 N–H and O–H groups in total. The van der Waals surface area contributed by atoms with Crippen LogP contribution in [0.15, 0.2) is 36.4 Å². The van der Waals surface area contributed by atoms with E-state index in [-0.39, 0.29) is 35.8 Å². The summed E-state index contributed by atoms with van der Waals surface area (Å²) in [7, 11) is 0. The molecule has 0 amide bonds. The maximum Gasteiger partial charge on any atom is 0.168 e. The Bertz CT molecular complexity index is 894. The molecule has 2 aliphatic rings. The van der Waals surface area contributed by atoms with Gasteiger partial charge in [-0.1, -0.05) is 6.07 Å². The number of Topliss-reactive ketones (excluding diaryl/α,β-unsaturated/α-hetero) is 1. The van der Waals surface area contributed by atoms with Gasteiger partial charge in [0.05, 0.1) is 5.69 Å². The number of hydrogen-bond acceptors (Lipinski definition) is 3. The number of anilines is 1. The Morgan fingerprint density at radius 2 is 1.53 bits per heavy atom. The Morgan fingerprint density at radius 1 is 0.900 bits per heavy atom. The van der Waals surface area contributed by atoms with Gasteiger partial charge in [-0.05, 0) is 74.5 Å². The molecule has 0 radical (unpaired) electrons. The van der Waals surface area contributed by atoms with Crippen LogP contribution in [0.25, 0.3) is 0 Å². The Morgan fingerprint density at radius 3 is 2.20 bits per heavy atom. The normalized spacial score (nSPS) is 18.2. The zero-order valence-corrected chi connectivity index (χ0v) is 17.5. The number of nitrogens with one attached hydrogen (secondary N) is 1. The molecule has 2 aromatic carbocycles. The number of carbonyl (C=O) groups is 1. The second-order valence-corrected chi connectivity index (χ2v) is 7.98. The van der Waals surface area contributed by atoms with Crippen molar-refractivity contribution in [2.24, 2.45) is 5.92 Å². The van der Waals surface area contributed by atoms with Gasteiger partial charge in [-0.2, -0.15) is 0 Å². The van der Waals surface area contributed by atoms with Crippen LogP contribution in [0.4, 0.5) is 18.9 Å². The summed E-state index contributed by atoms with van der Waals surface area (Å²) in [5.41, 5.74) is 1.73. The van der Waals surface area contributed by atoms with E-state index in [9.17, 15) is 18.0 Å². The molecule has 7 heteroatoms. The average molecular weight is 439 g/mol. The third-order valence-electron chi connectivity index (χ3n) is 6.17. The molecule has 2 fully saturated rings. The molecular weight excluding hydrogens is 413 g/mol. The summed E-state index contributed by atoms with van der Waals surface area (Å²) in [6, 6.07) is 8.10. The van der Waals surface area contributed by atoms with Crippen LogP contribution in [-0.2, 0) is 0 Å². The van der Waals surface area contributed by atoms with Crippen molar-refractivity contribution in [3.05, 3.63) is 65.0 Å². The van der Waals surface area contributed by atoms with Crippen molar-refractivity contribution in [1.82, 2.24) is 5.32 Å². The van der Waals surface area contributed by atoms with Crippen LogP contribution in [0, 0.1) is 23.4 Å². The van der Waals surface area contributed by atoms with Crippen LogP contribution in [0.1, 0.15) is 47.5 Å². The standard InChI is InChI=1S/C23H25F3N2O.ClH/c24-17-1-3-19(21(26)13-17)15-7-11-28(12-8-15)22-14-18(25)2-4-20(22)23(29)16-5-9-27-10-6-16;/h1-4,13-16,27H,5-12H2;1H. The minimum absolute atomic E-state index is 0. The molecule has 4 rings (SSSR count). The third-order valence-corrected chi connectivity index (χ3v) is 6.17. The van der Waals surface area contributed by atoms with E-state index in [1.54, 1.807) is 6.07 Å². The monoisotopic (exact) mass is 438 g/mol. The lowest BCUT2D eigenvalue weighted by atomic mass is 9.86. The number of piperidine rings is 2.